The van der Waals surface area contributed by atoms with Gasteiger partial charge in [-0.3, -0.25) is 0 Å². The Morgan fingerprint density at radius 1 is 0.700 bits per heavy atom. The van der Waals surface area contributed by atoms with Gasteiger partial charge in [0.05, 0.1) is 23.3 Å². The van der Waals surface area contributed by atoms with E-state index in [1.165, 1.54) is 22.3 Å². The van der Waals surface area contributed by atoms with E-state index in [1.54, 1.807) is 0 Å². The molecule has 0 fully saturated rings. The molecule has 0 radical (unpaired) electrons. The van der Waals surface area contributed by atoms with E-state index in [-0.39, 0.29) is 0 Å². The molecule has 3 rings (SSSR count). The van der Waals surface area contributed by atoms with Crippen LogP contribution in [-0.4, -0.2) is 0 Å². The zero-order valence-electron chi connectivity index (χ0n) is 11.2. The van der Waals surface area contributed by atoms with E-state index in [9.17, 15) is 0 Å². The second-order valence-electron chi connectivity index (χ2n) is 5.17. The van der Waals surface area contributed by atoms with Crippen LogP contribution < -0.4 is 0 Å². The van der Waals surface area contributed by atoms with Crippen molar-refractivity contribution in [3.63, 3.8) is 0 Å². The summed E-state index contributed by atoms with van der Waals surface area (Å²) >= 11 is 0. The Kier molecular flexibility index (Phi) is 3.23. The molecule has 2 nitrogen and oxygen atoms in total. The fourth-order valence-corrected chi connectivity index (χ4v) is 2.90. The Balaban J connectivity index is 2.20. The van der Waals surface area contributed by atoms with Gasteiger partial charge in [0.2, 0.25) is 0 Å². The number of nitriles is 2. The molecule has 0 spiro atoms. The predicted octanol–water partition coefficient (Wildman–Crippen LogP) is 3.98. The number of aryl methyl sites for hydroxylation is 2. The van der Waals surface area contributed by atoms with Crippen LogP contribution in [-0.2, 0) is 12.8 Å². The Morgan fingerprint density at radius 2 is 1.15 bits per heavy atom. The van der Waals surface area contributed by atoms with E-state index in [2.05, 4.69) is 12.1 Å². The van der Waals surface area contributed by atoms with Gasteiger partial charge in [-0.05, 0) is 72.2 Å². The lowest BCUT2D eigenvalue weighted by atomic mass is 9.86. The molecular weight excluding hydrogens is 244 g/mol. The third-order valence-electron chi connectivity index (χ3n) is 3.90. The monoisotopic (exact) mass is 258 g/mol. The number of fused-ring (bicyclic) bond motifs is 3. The minimum Gasteiger partial charge on any atom is -0.192 e. The van der Waals surface area contributed by atoms with Crippen LogP contribution in [0.2, 0.25) is 0 Å². The van der Waals surface area contributed by atoms with Gasteiger partial charge in [-0.15, -0.1) is 0 Å². The van der Waals surface area contributed by atoms with E-state index in [4.69, 9.17) is 10.5 Å². The van der Waals surface area contributed by atoms with Crippen molar-refractivity contribution in [3.8, 4) is 23.3 Å². The van der Waals surface area contributed by atoms with E-state index in [1.807, 2.05) is 36.4 Å². The molecule has 0 heterocycles. The fourth-order valence-electron chi connectivity index (χ4n) is 2.90. The number of hydrogen-bond acceptors (Lipinski definition) is 2. The van der Waals surface area contributed by atoms with Crippen LogP contribution in [0.3, 0.4) is 0 Å². The van der Waals surface area contributed by atoms with E-state index < -0.39 is 0 Å². The van der Waals surface area contributed by atoms with E-state index in [0.717, 1.165) is 36.8 Å². The Labute approximate surface area is 118 Å². The van der Waals surface area contributed by atoms with Gasteiger partial charge in [0, 0.05) is 0 Å². The summed E-state index contributed by atoms with van der Waals surface area (Å²) in [6.07, 6.45) is 4.28. The van der Waals surface area contributed by atoms with Crippen molar-refractivity contribution in [2.75, 3.05) is 0 Å². The van der Waals surface area contributed by atoms with Crippen molar-refractivity contribution in [1.82, 2.24) is 0 Å². The van der Waals surface area contributed by atoms with Crippen molar-refractivity contribution in [2.24, 2.45) is 0 Å². The standard InChI is InChI=1S/C18H14N2/c19-11-13-5-7-17-15(9-13)3-1-2-4-16-10-14(12-20)6-8-18(16)17/h5-10H,1-4H2. The summed E-state index contributed by atoms with van der Waals surface area (Å²) < 4.78 is 0. The Hall–Kier alpha value is -2.58. The third kappa shape index (κ3) is 2.17. The second-order valence-corrected chi connectivity index (χ2v) is 5.17. The van der Waals surface area contributed by atoms with Crippen molar-refractivity contribution < 1.29 is 0 Å². The highest BCUT2D eigenvalue weighted by Gasteiger charge is 2.14. The molecule has 0 aromatic heterocycles. The number of rotatable bonds is 0. The lowest BCUT2D eigenvalue weighted by Crippen LogP contribution is -2.01. The summed E-state index contributed by atoms with van der Waals surface area (Å²) in [4.78, 5) is 0. The second kappa shape index (κ2) is 5.19. The molecule has 96 valence electrons. The lowest BCUT2D eigenvalue weighted by molar-refractivity contribution is 0.729. The molecule has 1 aliphatic rings. The minimum atomic E-state index is 0.722. The molecular formula is C18H14N2. The normalized spacial score (nSPS) is 13.1. The largest absolute Gasteiger partial charge is 0.192 e. The van der Waals surface area contributed by atoms with Gasteiger partial charge in [-0.1, -0.05) is 12.1 Å². The number of nitrogens with zero attached hydrogens (tertiary/aromatic N) is 2. The summed E-state index contributed by atoms with van der Waals surface area (Å²) in [6, 6.07) is 16.3. The highest BCUT2D eigenvalue weighted by molar-refractivity contribution is 5.73. The summed E-state index contributed by atoms with van der Waals surface area (Å²) in [5.41, 5.74) is 6.36. The maximum absolute atomic E-state index is 9.04. The molecule has 0 saturated carbocycles. The quantitative estimate of drug-likeness (QED) is 0.717. The van der Waals surface area contributed by atoms with E-state index >= 15 is 0 Å². The van der Waals surface area contributed by atoms with Crippen LogP contribution in [0.15, 0.2) is 36.4 Å². The first-order valence-corrected chi connectivity index (χ1v) is 6.88. The first kappa shape index (κ1) is 12.5. The third-order valence-corrected chi connectivity index (χ3v) is 3.90. The summed E-state index contributed by atoms with van der Waals surface area (Å²) in [5, 5.41) is 18.1. The lowest BCUT2D eigenvalue weighted by Gasteiger charge is -2.18. The topological polar surface area (TPSA) is 47.6 Å². The Bertz CT molecular complexity index is 679. The van der Waals surface area contributed by atoms with Gasteiger partial charge in [0.15, 0.2) is 0 Å². The number of hydrogen-bond donors (Lipinski definition) is 0. The molecule has 2 aromatic rings. The van der Waals surface area contributed by atoms with Crippen molar-refractivity contribution in [2.45, 2.75) is 25.7 Å². The maximum atomic E-state index is 9.04. The van der Waals surface area contributed by atoms with Crippen molar-refractivity contribution >= 4 is 0 Å². The maximum Gasteiger partial charge on any atom is 0.0991 e. The van der Waals surface area contributed by atoms with Gasteiger partial charge in [-0.2, -0.15) is 10.5 Å². The summed E-state index contributed by atoms with van der Waals surface area (Å²) in [5.74, 6) is 0. The molecule has 2 aromatic carbocycles. The van der Waals surface area contributed by atoms with Crippen LogP contribution in [0.4, 0.5) is 0 Å². The zero-order valence-corrected chi connectivity index (χ0v) is 11.2. The van der Waals surface area contributed by atoms with Gasteiger partial charge < -0.3 is 0 Å². The highest BCUT2D eigenvalue weighted by Crippen LogP contribution is 2.32. The van der Waals surface area contributed by atoms with Crippen LogP contribution in [0.25, 0.3) is 11.1 Å². The van der Waals surface area contributed by atoms with E-state index in [0.29, 0.717) is 0 Å². The van der Waals surface area contributed by atoms with Crippen LogP contribution in [0, 0.1) is 22.7 Å². The van der Waals surface area contributed by atoms with Crippen LogP contribution in [0.1, 0.15) is 35.1 Å². The van der Waals surface area contributed by atoms with Gasteiger partial charge in [0.25, 0.3) is 0 Å². The molecule has 20 heavy (non-hydrogen) atoms. The number of benzene rings is 2. The van der Waals surface area contributed by atoms with Crippen molar-refractivity contribution in [3.05, 3.63) is 58.7 Å². The molecule has 2 heteroatoms. The van der Waals surface area contributed by atoms with Gasteiger partial charge >= 0.3 is 0 Å². The minimum absolute atomic E-state index is 0.722. The molecule has 0 amide bonds. The molecule has 0 saturated heterocycles. The highest BCUT2D eigenvalue weighted by atomic mass is 14.3. The molecule has 0 bridgehead atoms. The summed E-state index contributed by atoms with van der Waals surface area (Å²) in [6.45, 7) is 0. The molecule has 1 aliphatic carbocycles. The average molecular weight is 258 g/mol. The fraction of sp³-hybridized carbons (Fsp3) is 0.222. The molecule has 0 N–H and O–H groups in total. The molecule has 0 atom stereocenters. The smallest absolute Gasteiger partial charge is 0.0991 e. The van der Waals surface area contributed by atoms with Crippen LogP contribution >= 0.6 is 0 Å². The SMILES string of the molecule is N#Cc1ccc2c(c1)CCCCc1cc(C#N)ccc1-2. The average Bonchev–Trinajstić information content (AvgIpc) is 2.49. The molecule has 0 aliphatic heterocycles. The first-order valence-electron chi connectivity index (χ1n) is 6.88. The van der Waals surface area contributed by atoms with Crippen LogP contribution in [0.5, 0.6) is 0 Å². The van der Waals surface area contributed by atoms with Crippen molar-refractivity contribution in [1.29, 1.82) is 10.5 Å². The Morgan fingerprint density at radius 3 is 1.55 bits per heavy atom. The summed E-state index contributed by atoms with van der Waals surface area (Å²) in [7, 11) is 0. The zero-order chi connectivity index (χ0) is 13.9. The van der Waals surface area contributed by atoms with Gasteiger partial charge in [0.1, 0.15) is 0 Å². The predicted molar refractivity (Wildman–Crippen MR) is 78.0 cm³/mol. The molecule has 0 unspecified atom stereocenters. The first-order chi connectivity index (χ1) is 9.81. The van der Waals surface area contributed by atoms with Gasteiger partial charge in [-0.25, -0.2) is 0 Å².